The molecule has 0 fully saturated rings. The van der Waals surface area contributed by atoms with Crippen molar-refractivity contribution in [3.05, 3.63) is 33.3 Å². The van der Waals surface area contributed by atoms with E-state index >= 15 is 0 Å². The zero-order valence-electron chi connectivity index (χ0n) is 8.18. The molecule has 1 atom stereocenters. The third-order valence-electron chi connectivity index (χ3n) is 2.33. The fourth-order valence-corrected chi connectivity index (χ4v) is 2.56. The number of ether oxygens (including phenoxy) is 1. The van der Waals surface area contributed by atoms with Gasteiger partial charge in [-0.05, 0) is 19.1 Å². The first kappa shape index (κ1) is 12.0. The first-order chi connectivity index (χ1) is 6.55. The summed E-state index contributed by atoms with van der Waals surface area (Å²) in [6, 6.07) is 5.63. The molecular formula is C10H13BrClNO. The number of methoxy groups -OCH3 is 1. The van der Waals surface area contributed by atoms with Crippen LogP contribution in [0, 0.1) is 0 Å². The molecule has 0 spiro atoms. The van der Waals surface area contributed by atoms with Gasteiger partial charge < -0.3 is 10.5 Å². The fourth-order valence-electron chi connectivity index (χ4n) is 1.29. The van der Waals surface area contributed by atoms with Crippen LogP contribution >= 0.6 is 27.5 Å². The Kier molecular flexibility index (Phi) is 3.95. The first-order valence-corrected chi connectivity index (χ1v) is 5.42. The minimum absolute atomic E-state index is 0.381. The van der Waals surface area contributed by atoms with Crippen LogP contribution in [0.1, 0.15) is 12.5 Å². The van der Waals surface area contributed by atoms with E-state index in [1.54, 1.807) is 7.11 Å². The molecule has 1 aromatic rings. The van der Waals surface area contributed by atoms with E-state index in [0.717, 1.165) is 10.0 Å². The number of hydrogen-bond donors (Lipinski definition) is 1. The van der Waals surface area contributed by atoms with Crippen LogP contribution in [0.2, 0.25) is 5.02 Å². The Labute approximate surface area is 97.5 Å². The van der Waals surface area contributed by atoms with Crippen LogP contribution in [0.5, 0.6) is 0 Å². The van der Waals surface area contributed by atoms with Crippen LogP contribution in [0.15, 0.2) is 22.7 Å². The maximum atomic E-state index is 6.11. The molecule has 0 aromatic heterocycles. The van der Waals surface area contributed by atoms with Crippen molar-refractivity contribution in [2.45, 2.75) is 12.5 Å². The van der Waals surface area contributed by atoms with Crippen molar-refractivity contribution in [3.63, 3.8) is 0 Å². The maximum Gasteiger partial charge on any atom is 0.105 e. The van der Waals surface area contributed by atoms with Crippen LogP contribution in [0.4, 0.5) is 0 Å². The number of hydrogen-bond acceptors (Lipinski definition) is 2. The van der Waals surface area contributed by atoms with Crippen molar-refractivity contribution in [2.24, 2.45) is 5.73 Å². The molecule has 0 saturated heterocycles. The SMILES string of the molecule is COC(C)(CN)c1c(Cl)cccc1Br. The average Bonchev–Trinajstić information content (AvgIpc) is 2.17. The lowest BCUT2D eigenvalue weighted by molar-refractivity contribution is 0.00957. The van der Waals surface area contributed by atoms with Crippen molar-refractivity contribution in [3.8, 4) is 0 Å². The Bertz CT molecular complexity index is 306. The highest BCUT2D eigenvalue weighted by molar-refractivity contribution is 9.10. The molecule has 0 heterocycles. The first-order valence-electron chi connectivity index (χ1n) is 4.25. The summed E-state index contributed by atoms with van der Waals surface area (Å²) in [6.45, 7) is 2.30. The van der Waals surface area contributed by atoms with E-state index in [1.165, 1.54) is 0 Å². The van der Waals surface area contributed by atoms with E-state index in [1.807, 2.05) is 25.1 Å². The van der Waals surface area contributed by atoms with Crippen molar-refractivity contribution >= 4 is 27.5 Å². The molecule has 0 saturated carbocycles. The molecule has 0 bridgehead atoms. The Morgan fingerprint density at radius 1 is 1.57 bits per heavy atom. The van der Waals surface area contributed by atoms with Crippen LogP contribution in [0.3, 0.4) is 0 Å². The number of halogens is 2. The third kappa shape index (κ3) is 2.11. The zero-order valence-corrected chi connectivity index (χ0v) is 10.5. The van der Waals surface area contributed by atoms with E-state index in [0.29, 0.717) is 11.6 Å². The Morgan fingerprint density at radius 3 is 2.64 bits per heavy atom. The smallest absolute Gasteiger partial charge is 0.105 e. The molecule has 1 unspecified atom stereocenters. The van der Waals surface area contributed by atoms with E-state index < -0.39 is 5.60 Å². The van der Waals surface area contributed by atoms with Gasteiger partial charge in [-0.15, -0.1) is 0 Å². The highest BCUT2D eigenvalue weighted by Crippen LogP contribution is 2.35. The highest BCUT2D eigenvalue weighted by Gasteiger charge is 2.28. The van der Waals surface area contributed by atoms with Gasteiger partial charge in [0.1, 0.15) is 5.60 Å². The summed E-state index contributed by atoms with van der Waals surface area (Å²) >= 11 is 9.55. The van der Waals surface area contributed by atoms with Crippen LogP contribution in [0.25, 0.3) is 0 Å². The van der Waals surface area contributed by atoms with E-state index in [4.69, 9.17) is 22.1 Å². The van der Waals surface area contributed by atoms with E-state index in [2.05, 4.69) is 15.9 Å². The van der Waals surface area contributed by atoms with Gasteiger partial charge in [0.2, 0.25) is 0 Å². The Balaban J connectivity index is 3.29. The van der Waals surface area contributed by atoms with Gasteiger partial charge in [-0.3, -0.25) is 0 Å². The predicted molar refractivity (Wildman–Crippen MR) is 62.6 cm³/mol. The Morgan fingerprint density at radius 2 is 2.21 bits per heavy atom. The number of benzene rings is 1. The van der Waals surface area contributed by atoms with E-state index in [9.17, 15) is 0 Å². The summed E-state index contributed by atoms with van der Waals surface area (Å²) in [4.78, 5) is 0. The third-order valence-corrected chi connectivity index (χ3v) is 3.31. The standard InChI is InChI=1S/C10H13BrClNO/c1-10(6-13,14-2)9-7(11)4-3-5-8(9)12/h3-5H,6,13H2,1-2H3. The van der Waals surface area contributed by atoms with Gasteiger partial charge in [0.25, 0.3) is 0 Å². The van der Waals surface area contributed by atoms with Gasteiger partial charge in [-0.25, -0.2) is 0 Å². The summed E-state index contributed by atoms with van der Waals surface area (Å²) < 4.78 is 6.31. The summed E-state index contributed by atoms with van der Waals surface area (Å²) in [7, 11) is 1.63. The van der Waals surface area contributed by atoms with Crippen LogP contribution < -0.4 is 5.73 Å². The maximum absolute atomic E-state index is 6.11. The van der Waals surface area contributed by atoms with E-state index in [-0.39, 0.29) is 0 Å². The molecule has 0 aliphatic heterocycles. The molecule has 0 aliphatic rings. The lowest BCUT2D eigenvalue weighted by atomic mass is 9.96. The minimum atomic E-state index is -0.544. The van der Waals surface area contributed by atoms with Gasteiger partial charge in [0.05, 0.1) is 0 Å². The Hall–Kier alpha value is -0.0900. The van der Waals surface area contributed by atoms with Gasteiger partial charge in [0, 0.05) is 28.7 Å². The number of nitrogens with two attached hydrogens (primary N) is 1. The molecule has 1 rings (SSSR count). The molecule has 14 heavy (non-hydrogen) atoms. The second-order valence-electron chi connectivity index (χ2n) is 3.24. The summed E-state index contributed by atoms with van der Waals surface area (Å²) in [5.74, 6) is 0. The normalized spacial score (nSPS) is 15.2. The summed E-state index contributed by atoms with van der Waals surface area (Å²) in [5, 5.41) is 0.661. The van der Waals surface area contributed by atoms with Gasteiger partial charge in [-0.2, -0.15) is 0 Å². The van der Waals surface area contributed by atoms with Gasteiger partial charge >= 0.3 is 0 Å². The minimum Gasteiger partial charge on any atom is -0.372 e. The van der Waals surface area contributed by atoms with Crippen LogP contribution in [-0.4, -0.2) is 13.7 Å². The summed E-state index contributed by atoms with van der Waals surface area (Å²) in [6.07, 6.45) is 0. The summed E-state index contributed by atoms with van der Waals surface area (Å²) in [5.41, 5.74) is 6.03. The van der Waals surface area contributed by atoms with Gasteiger partial charge in [-0.1, -0.05) is 33.6 Å². The van der Waals surface area contributed by atoms with Gasteiger partial charge in [0.15, 0.2) is 0 Å². The predicted octanol–water partition coefficient (Wildman–Crippen LogP) is 2.92. The molecule has 0 aliphatic carbocycles. The quantitative estimate of drug-likeness (QED) is 0.923. The molecule has 2 nitrogen and oxygen atoms in total. The molecule has 1 aromatic carbocycles. The molecule has 0 radical (unpaired) electrons. The second-order valence-corrected chi connectivity index (χ2v) is 4.50. The van der Waals surface area contributed by atoms with Crippen molar-refractivity contribution < 1.29 is 4.74 Å². The molecule has 4 heteroatoms. The fraction of sp³-hybridized carbons (Fsp3) is 0.400. The lowest BCUT2D eigenvalue weighted by Crippen LogP contribution is -2.34. The lowest BCUT2D eigenvalue weighted by Gasteiger charge is -2.28. The molecule has 0 amide bonds. The molecular weight excluding hydrogens is 265 g/mol. The van der Waals surface area contributed by atoms with Crippen molar-refractivity contribution in [1.29, 1.82) is 0 Å². The highest BCUT2D eigenvalue weighted by atomic mass is 79.9. The van der Waals surface area contributed by atoms with Crippen molar-refractivity contribution in [2.75, 3.05) is 13.7 Å². The largest absolute Gasteiger partial charge is 0.372 e. The monoisotopic (exact) mass is 277 g/mol. The molecule has 2 N–H and O–H groups in total. The zero-order chi connectivity index (χ0) is 10.8. The second kappa shape index (κ2) is 4.62. The number of rotatable bonds is 3. The molecule has 78 valence electrons. The van der Waals surface area contributed by atoms with Crippen molar-refractivity contribution in [1.82, 2.24) is 0 Å². The average molecular weight is 279 g/mol. The topological polar surface area (TPSA) is 35.2 Å². The van der Waals surface area contributed by atoms with Crippen LogP contribution in [-0.2, 0) is 10.3 Å².